The predicted molar refractivity (Wildman–Crippen MR) is 135 cm³/mol. The van der Waals surface area contributed by atoms with Crippen LogP contribution in [0.2, 0.25) is 0 Å². The van der Waals surface area contributed by atoms with Crippen LogP contribution >= 0.6 is 0 Å². The standard InChI is InChI=1S/C26H32N2O10/c1-11(30)28-16-7-4-12-8-18(37-26-23(34)22(33)21(32)19(10-29)38-26)24(35-2)25(36-3)20(12)13-5-6-15(27)17(31)9-14(13)16/h5-6,8-9,16,19,21-23,26,29,32-34H,4,7,10H2,1-3H3,(H2,27,31)(H,28,30)/t16-,19+,21+,22-,23+,26+/m0/s1. The Morgan fingerprint density at radius 1 is 1.11 bits per heavy atom. The molecule has 0 unspecified atom stereocenters. The summed E-state index contributed by atoms with van der Waals surface area (Å²) in [5.74, 6) is 0.229. The zero-order valence-electron chi connectivity index (χ0n) is 21.2. The van der Waals surface area contributed by atoms with E-state index in [4.69, 9.17) is 24.7 Å². The number of benzene rings is 1. The van der Waals surface area contributed by atoms with E-state index in [-0.39, 0.29) is 28.8 Å². The van der Waals surface area contributed by atoms with Crippen LogP contribution in [0, 0.1) is 0 Å². The molecule has 6 atom stereocenters. The van der Waals surface area contributed by atoms with Crippen molar-refractivity contribution in [3.63, 3.8) is 0 Å². The minimum absolute atomic E-state index is 0.0368. The number of nitrogen functional groups attached to an aromatic ring is 1. The molecule has 2 aromatic rings. The molecule has 1 saturated heterocycles. The average molecular weight is 533 g/mol. The second kappa shape index (κ2) is 11.1. The van der Waals surface area contributed by atoms with Gasteiger partial charge in [-0.15, -0.1) is 0 Å². The van der Waals surface area contributed by atoms with Gasteiger partial charge in [-0.05, 0) is 47.7 Å². The lowest BCUT2D eigenvalue weighted by Gasteiger charge is -2.39. The average Bonchev–Trinajstić information content (AvgIpc) is 3.12. The molecule has 1 heterocycles. The zero-order valence-corrected chi connectivity index (χ0v) is 21.2. The number of aryl methyl sites for hydroxylation is 1. The molecule has 4 rings (SSSR count). The molecule has 0 aromatic heterocycles. The highest BCUT2D eigenvalue weighted by atomic mass is 16.7. The number of carbonyl (C=O) groups excluding carboxylic acids is 1. The van der Waals surface area contributed by atoms with E-state index in [1.54, 1.807) is 12.1 Å². The Bertz CT molecular complexity index is 1270. The highest BCUT2D eigenvalue weighted by molar-refractivity contribution is 5.83. The number of nitrogens with two attached hydrogens (primary N) is 1. The van der Waals surface area contributed by atoms with Gasteiger partial charge in [0.15, 0.2) is 11.5 Å². The molecule has 12 heteroatoms. The molecule has 38 heavy (non-hydrogen) atoms. The summed E-state index contributed by atoms with van der Waals surface area (Å²) in [7, 11) is 2.82. The highest BCUT2D eigenvalue weighted by Crippen LogP contribution is 2.50. The lowest BCUT2D eigenvalue weighted by molar-refractivity contribution is -0.277. The van der Waals surface area contributed by atoms with Crippen molar-refractivity contribution in [1.29, 1.82) is 0 Å². The van der Waals surface area contributed by atoms with Crippen LogP contribution in [-0.2, 0) is 16.0 Å². The SMILES string of the molecule is COc1c(O[C@@H]2O[C@H](CO)[C@@H](O)[C@H](O)[C@H]2O)cc2c(c1OC)-c1ccc(N)c(=O)cc1[C@@H](NC(C)=O)CC2. The first-order chi connectivity index (χ1) is 18.1. The van der Waals surface area contributed by atoms with E-state index in [0.717, 1.165) is 0 Å². The summed E-state index contributed by atoms with van der Waals surface area (Å²) >= 11 is 0. The number of aliphatic hydroxyl groups excluding tert-OH is 4. The van der Waals surface area contributed by atoms with Crippen molar-refractivity contribution in [2.24, 2.45) is 0 Å². The highest BCUT2D eigenvalue weighted by Gasteiger charge is 2.45. The Kier molecular flexibility index (Phi) is 8.09. The van der Waals surface area contributed by atoms with Crippen molar-refractivity contribution in [3.05, 3.63) is 45.6 Å². The van der Waals surface area contributed by atoms with E-state index in [2.05, 4.69) is 5.32 Å². The van der Waals surface area contributed by atoms with Crippen LogP contribution in [0.3, 0.4) is 0 Å². The van der Waals surface area contributed by atoms with E-state index in [9.17, 15) is 30.0 Å². The van der Waals surface area contributed by atoms with Gasteiger partial charge in [-0.3, -0.25) is 9.59 Å². The van der Waals surface area contributed by atoms with Gasteiger partial charge in [-0.25, -0.2) is 0 Å². The van der Waals surface area contributed by atoms with Gasteiger partial charge in [0.05, 0.1) is 32.6 Å². The summed E-state index contributed by atoms with van der Waals surface area (Å²) in [6, 6.07) is 5.74. The fraction of sp³-hybridized carbons (Fsp3) is 0.462. The summed E-state index contributed by atoms with van der Waals surface area (Å²) in [5.41, 5.74) is 8.03. The maximum absolute atomic E-state index is 12.6. The number of hydrogen-bond donors (Lipinski definition) is 6. The second-order valence-electron chi connectivity index (χ2n) is 9.25. The Labute approximate surface area is 218 Å². The molecule has 2 aliphatic rings. The summed E-state index contributed by atoms with van der Waals surface area (Å²) in [4.78, 5) is 24.6. The van der Waals surface area contributed by atoms with Crippen molar-refractivity contribution >= 4 is 11.6 Å². The topological polar surface area (TPSA) is 190 Å². The number of rotatable bonds is 6. The molecule has 12 nitrogen and oxygen atoms in total. The van der Waals surface area contributed by atoms with Gasteiger partial charge in [-0.2, -0.15) is 0 Å². The van der Waals surface area contributed by atoms with Crippen molar-refractivity contribution < 1.29 is 44.2 Å². The maximum atomic E-state index is 12.6. The minimum atomic E-state index is -1.63. The molecule has 7 N–H and O–H groups in total. The maximum Gasteiger partial charge on any atom is 0.229 e. The Hall–Kier alpha value is -3.42. The van der Waals surface area contributed by atoms with Crippen LogP contribution in [0.25, 0.3) is 11.1 Å². The molecular weight excluding hydrogens is 500 g/mol. The third kappa shape index (κ3) is 5.00. The largest absolute Gasteiger partial charge is 0.492 e. The number of nitrogens with one attached hydrogen (secondary N) is 1. The molecule has 0 radical (unpaired) electrons. The monoisotopic (exact) mass is 532 g/mol. The molecule has 0 bridgehead atoms. The molecule has 1 amide bonds. The first-order valence-electron chi connectivity index (χ1n) is 12.1. The zero-order chi connectivity index (χ0) is 27.7. The van der Waals surface area contributed by atoms with E-state index >= 15 is 0 Å². The molecule has 206 valence electrons. The number of methoxy groups -OCH3 is 2. The third-order valence-electron chi connectivity index (χ3n) is 6.82. The fourth-order valence-corrected chi connectivity index (χ4v) is 4.95. The van der Waals surface area contributed by atoms with Crippen molar-refractivity contribution in [1.82, 2.24) is 5.32 Å². The van der Waals surface area contributed by atoms with Gasteiger partial charge in [0.2, 0.25) is 23.4 Å². The van der Waals surface area contributed by atoms with E-state index < -0.39 is 48.8 Å². The van der Waals surface area contributed by atoms with Crippen molar-refractivity contribution in [3.8, 4) is 28.4 Å². The Morgan fingerprint density at radius 3 is 2.45 bits per heavy atom. The molecular formula is C26H32N2O10. The number of fused-ring (bicyclic) bond motifs is 3. The smallest absolute Gasteiger partial charge is 0.229 e. The molecule has 1 aliphatic heterocycles. The summed E-state index contributed by atoms with van der Waals surface area (Å²) in [5, 5.41) is 43.2. The van der Waals surface area contributed by atoms with Crippen LogP contribution < -0.4 is 30.7 Å². The first kappa shape index (κ1) is 27.6. The quantitative estimate of drug-likeness (QED) is 0.284. The van der Waals surface area contributed by atoms with Crippen LogP contribution in [0.1, 0.15) is 30.5 Å². The lowest BCUT2D eigenvalue weighted by atomic mass is 9.95. The van der Waals surface area contributed by atoms with Gasteiger partial charge in [-0.1, -0.05) is 6.07 Å². The van der Waals surface area contributed by atoms with E-state index in [1.807, 2.05) is 0 Å². The van der Waals surface area contributed by atoms with Gasteiger partial charge in [0.1, 0.15) is 24.4 Å². The predicted octanol–water partition coefficient (Wildman–Crippen LogP) is -0.385. The van der Waals surface area contributed by atoms with Gasteiger partial charge >= 0.3 is 0 Å². The number of carbonyl (C=O) groups is 1. The van der Waals surface area contributed by atoms with Crippen molar-refractivity contribution in [2.75, 3.05) is 26.6 Å². The molecule has 0 spiro atoms. The number of ether oxygens (including phenoxy) is 4. The first-order valence-corrected chi connectivity index (χ1v) is 12.1. The van der Waals surface area contributed by atoms with Gasteiger partial charge < -0.3 is 50.4 Å². The van der Waals surface area contributed by atoms with E-state index in [1.165, 1.54) is 33.3 Å². The molecule has 1 aliphatic carbocycles. The minimum Gasteiger partial charge on any atom is -0.492 e. The number of aliphatic hydroxyl groups is 4. The van der Waals surface area contributed by atoms with Gasteiger partial charge in [0.25, 0.3) is 0 Å². The summed E-state index contributed by atoms with van der Waals surface area (Å²) in [6.45, 7) is 0.780. The van der Waals surface area contributed by atoms with Crippen LogP contribution in [0.15, 0.2) is 29.1 Å². The summed E-state index contributed by atoms with van der Waals surface area (Å²) in [6.07, 6.45) is -6.57. The Morgan fingerprint density at radius 2 is 1.82 bits per heavy atom. The normalized spacial score (nSPS) is 26.4. The number of amides is 1. The van der Waals surface area contributed by atoms with E-state index in [0.29, 0.717) is 35.1 Å². The molecule has 1 fully saturated rings. The molecule has 0 saturated carbocycles. The molecule has 2 aromatic carbocycles. The van der Waals surface area contributed by atoms with Gasteiger partial charge in [0, 0.05) is 12.5 Å². The van der Waals surface area contributed by atoms with Crippen LogP contribution in [0.4, 0.5) is 5.69 Å². The van der Waals surface area contributed by atoms with Crippen LogP contribution in [-0.4, -0.2) is 77.9 Å². The fourth-order valence-electron chi connectivity index (χ4n) is 4.95. The Balaban J connectivity index is 1.88. The third-order valence-corrected chi connectivity index (χ3v) is 6.82. The van der Waals surface area contributed by atoms with Crippen LogP contribution in [0.5, 0.6) is 17.2 Å². The lowest BCUT2D eigenvalue weighted by Crippen LogP contribution is -2.60. The summed E-state index contributed by atoms with van der Waals surface area (Å²) < 4.78 is 22.8. The van der Waals surface area contributed by atoms with Crippen molar-refractivity contribution in [2.45, 2.75) is 56.5 Å². The number of anilines is 1. The second-order valence-corrected chi connectivity index (χ2v) is 9.25. The number of hydrogen-bond acceptors (Lipinski definition) is 11.